The highest BCUT2D eigenvalue weighted by molar-refractivity contribution is 7.92. The van der Waals surface area contributed by atoms with Gasteiger partial charge in [0.05, 0.1) is 14.7 Å². The molecule has 0 saturated heterocycles. The van der Waals surface area contributed by atoms with Gasteiger partial charge in [-0.3, -0.25) is 10.1 Å². The molecule has 6 nitrogen and oxygen atoms in total. The number of benzene rings is 1. The van der Waals surface area contributed by atoms with Crippen LogP contribution in [0.1, 0.15) is 20.3 Å². The van der Waals surface area contributed by atoms with Gasteiger partial charge in [-0.25, -0.2) is 8.99 Å². The third kappa shape index (κ3) is 6.91. The SMILES string of the molecule is CCN(CC)CCCS(=N)(=O)c1ccc([N+](=O)[O-])cc1.Cl.Cl. The first-order valence-corrected chi connectivity index (χ1v) is 8.36. The minimum atomic E-state index is -2.86. The topological polar surface area (TPSA) is 87.3 Å². The van der Waals surface area contributed by atoms with Crippen LogP contribution in [0.25, 0.3) is 0 Å². The molecule has 1 atom stereocenters. The van der Waals surface area contributed by atoms with Gasteiger partial charge in [-0.1, -0.05) is 13.8 Å². The Labute approximate surface area is 144 Å². The molecule has 0 radical (unpaired) electrons. The largest absolute Gasteiger partial charge is 0.304 e. The molecule has 0 bridgehead atoms. The molecular formula is C13H23Cl2N3O3S. The zero-order chi connectivity index (χ0) is 15.2. The Balaban J connectivity index is 0. The van der Waals surface area contributed by atoms with E-state index < -0.39 is 14.7 Å². The van der Waals surface area contributed by atoms with Gasteiger partial charge in [0.1, 0.15) is 0 Å². The normalized spacial score (nSPS) is 12.9. The summed E-state index contributed by atoms with van der Waals surface area (Å²) in [5.74, 6) is 0.279. The van der Waals surface area contributed by atoms with Gasteiger partial charge < -0.3 is 4.90 Å². The molecule has 1 N–H and O–H groups in total. The van der Waals surface area contributed by atoms with Crippen LogP contribution in [0.4, 0.5) is 5.69 Å². The minimum Gasteiger partial charge on any atom is -0.304 e. The molecule has 1 aromatic carbocycles. The van der Waals surface area contributed by atoms with E-state index in [4.69, 9.17) is 4.78 Å². The van der Waals surface area contributed by atoms with Crippen LogP contribution in [0.15, 0.2) is 29.2 Å². The molecule has 0 heterocycles. The van der Waals surface area contributed by atoms with Crippen molar-refractivity contribution in [3.63, 3.8) is 0 Å². The van der Waals surface area contributed by atoms with E-state index >= 15 is 0 Å². The number of nitro groups is 1. The van der Waals surface area contributed by atoms with Crippen LogP contribution in [0.3, 0.4) is 0 Å². The number of non-ortho nitro benzene ring substituents is 1. The van der Waals surface area contributed by atoms with Crippen molar-refractivity contribution in [3.8, 4) is 0 Å². The maximum absolute atomic E-state index is 12.3. The van der Waals surface area contributed by atoms with E-state index in [2.05, 4.69) is 18.7 Å². The third-order valence-electron chi connectivity index (χ3n) is 3.23. The van der Waals surface area contributed by atoms with Gasteiger partial charge in [-0.2, -0.15) is 0 Å². The van der Waals surface area contributed by atoms with Gasteiger partial charge >= 0.3 is 0 Å². The fourth-order valence-corrected chi connectivity index (χ4v) is 3.28. The van der Waals surface area contributed by atoms with Crippen LogP contribution in [-0.4, -0.2) is 39.4 Å². The summed E-state index contributed by atoms with van der Waals surface area (Å²) in [7, 11) is -2.86. The van der Waals surface area contributed by atoms with Crippen molar-refractivity contribution < 1.29 is 9.13 Å². The lowest BCUT2D eigenvalue weighted by atomic mass is 10.3. The summed E-state index contributed by atoms with van der Waals surface area (Å²) in [6.45, 7) is 6.83. The van der Waals surface area contributed by atoms with Gasteiger partial charge in [0, 0.05) is 22.8 Å². The van der Waals surface area contributed by atoms with Crippen molar-refractivity contribution >= 4 is 40.2 Å². The van der Waals surface area contributed by atoms with Crippen LogP contribution < -0.4 is 0 Å². The van der Waals surface area contributed by atoms with E-state index in [0.717, 1.165) is 19.6 Å². The first-order chi connectivity index (χ1) is 9.40. The molecule has 1 rings (SSSR count). The summed E-state index contributed by atoms with van der Waals surface area (Å²) in [6.07, 6.45) is 0.682. The molecule has 9 heteroatoms. The van der Waals surface area contributed by atoms with Gasteiger partial charge in [-0.15, -0.1) is 24.8 Å². The van der Waals surface area contributed by atoms with Crippen molar-refractivity contribution in [3.05, 3.63) is 34.4 Å². The molecule has 0 saturated carbocycles. The Morgan fingerprint density at radius 2 is 1.68 bits per heavy atom. The second-order valence-corrected chi connectivity index (χ2v) is 6.74. The highest BCUT2D eigenvalue weighted by atomic mass is 35.5. The molecule has 0 aliphatic carbocycles. The molecule has 0 aliphatic heterocycles. The first kappa shape index (κ1) is 23.4. The lowest BCUT2D eigenvalue weighted by molar-refractivity contribution is -0.384. The molecule has 1 unspecified atom stereocenters. The number of rotatable bonds is 8. The number of hydrogen-bond acceptors (Lipinski definition) is 5. The Hall–Kier alpha value is -0.890. The molecule has 22 heavy (non-hydrogen) atoms. The summed E-state index contributed by atoms with van der Waals surface area (Å²) in [5, 5.41) is 10.6. The van der Waals surface area contributed by atoms with E-state index in [1.807, 2.05) is 0 Å². The Morgan fingerprint density at radius 3 is 2.09 bits per heavy atom. The molecule has 0 spiro atoms. The average Bonchev–Trinajstić information content (AvgIpc) is 2.43. The van der Waals surface area contributed by atoms with Crippen molar-refractivity contribution in [2.24, 2.45) is 0 Å². The third-order valence-corrected chi connectivity index (χ3v) is 5.13. The number of nitro benzene ring substituents is 1. The number of nitrogens with zero attached hydrogens (tertiary/aromatic N) is 2. The van der Waals surface area contributed by atoms with E-state index in [0.29, 0.717) is 11.3 Å². The van der Waals surface area contributed by atoms with Crippen molar-refractivity contribution in [1.29, 1.82) is 4.78 Å². The molecule has 0 fully saturated rings. The standard InChI is InChI=1S/C13H21N3O3S.2ClH/c1-3-15(4-2)10-5-11-20(14,19)13-8-6-12(7-9-13)16(17)18;;/h6-9,14H,3-5,10-11H2,1-2H3;2*1H. The van der Waals surface area contributed by atoms with Gasteiger partial charge in [0.25, 0.3) is 5.69 Å². The summed E-state index contributed by atoms with van der Waals surface area (Å²) in [4.78, 5) is 12.6. The summed E-state index contributed by atoms with van der Waals surface area (Å²) in [5.41, 5.74) is -0.0490. The van der Waals surface area contributed by atoms with Gasteiger partial charge in [-0.05, 0) is 38.2 Å². The second-order valence-electron chi connectivity index (χ2n) is 4.51. The van der Waals surface area contributed by atoms with Crippen molar-refractivity contribution in [2.75, 3.05) is 25.4 Å². The van der Waals surface area contributed by atoms with Crippen LogP contribution >= 0.6 is 24.8 Å². The van der Waals surface area contributed by atoms with Crippen LogP contribution in [-0.2, 0) is 9.73 Å². The van der Waals surface area contributed by atoms with Crippen LogP contribution in [0.5, 0.6) is 0 Å². The van der Waals surface area contributed by atoms with Crippen molar-refractivity contribution in [2.45, 2.75) is 25.2 Å². The minimum absolute atomic E-state index is 0. The summed E-state index contributed by atoms with van der Waals surface area (Å²) < 4.78 is 20.2. The predicted molar refractivity (Wildman–Crippen MR) is 94.0 cm³/mol. The monoisotopic (exact) mass is 371 g/mol. The lowest BCUT2D eigenvalue weighted by Crippen LogP contribution is -2.25. The average molecular weight is 372 g/mol. The molecule has 128 valence electrons. The maximum Gasteiger partial charge on any atom is 0.269 e. The zero-order valence-corrected chi connectivity index (χ0v) is 15.1. The quantitative estimate of drug-likeness (QED) is 0.558. The zero-order valence-electron chi connectivity index (χ0n) is 12.7. The highest BCUT2D eigenvalue weighted by Crippen LogP contribution is 2.18. The molecular weight excluding hydrogens is 349 g/mol. The second kappa shape index (κ2) is 10.8. The molecule has 0 aromatic heterocycles. The fraction of sp³-hybridized carbons (Fsp3) is 0.538. The van der Waals surface area contributed by atoms with Crippen LogP contribution in [0, 0.1) is 14.9 Å². The Morgan fingerprint density at radius 1 is 1.18 bits per heavy atom. The Kier molecular flexibility index (Phi) is 11.4. The fourth-order valence-electron chi connectivity index (χ4n) is 1.94. The van der Waals surface area contributed by atoms with E-state index in [-0.39, 0.29) is 36.3 Å². The highest BCUT2D eigenvalue weighted by Gasteiger charge is 2.13. The van der Waals surface area contributed by atoms with Crippen molar-refractivity contribution in [1.82, 2.24) is 4.90 Å². The predicted octanol–water partition coefficient (Wildman–Crippen LogP) is 3.58. The summed E-state index contributed by atoms with van der Waals surface area (Å²) in [6, 6.07) is 5.44. The number of halogens is 2. The van der Waals surface area contributed by atoms with E-state index in [1.54, 1.807) is 0 Å². The first-order valence-electron chi connectivity index (χ1n) is 6.64. The molecule has 1 aromatic rings. The number of nitrogens with one attached hydrogen (secondary N) is 1. The number of hydrogen-bond donors (Lipinski definition) is 1. The Bertz CT molecular complexity index is 546. The summed E-state index contributed by atoms with van der Waals surface area (Å²) >= 11 is 0. The maximum atomic E-state index is 12.3. The van der Waals surface area contributed by atoms with E-state index in [9.17, 15) is 14.3 Å². The molecule has 0 amide bonds. The van der Waals surface area contributed by atoms with E-state index in [1.165, 1.54) is 24.3 Å². The lowest BCUT2D eigenvalue weighted by Gasteiger charge is -2.18. The van der Waals surface area contributed by atoms with Gasteiger partial charge in [0.15, 0.2) is 0 Å². The molecule has 0 aliphatic rings. The van der Waals surface area contributed by atoms with Crippen LogP contribution in [0.2, 0.25) is 0 Å². The smallest absolute Gasteiger partial charge is 0.269 e. The van der Waals surface area contributed by atoms with Gasteiger partial charge in [0.2, 0.25) is 0 Å².